The molecule has 0 saturated carbocycles. The van der Waals surface area contributed by atoms with Gasteiger partial charge >= 0.3 is 0 Å². The van der Waals surface area contributed by atoms with E-state index in [1.165, 1.54) is 0 Å². The third-order valence-corrected chi connectivity index (χ3v) is 1.90. The Morgan fingerprint density at radius 1 is 1.54 bits per heavy atom. The quantitative estimate of drug-likeness (QED) is 0.428. The maximum absolute atomic E-state index is 11.2. The van der Waals surface area contributed by atoms with Gasteiger partial charge in [-0.05, 0) is 13.3 Å². The van der Waals surface area contributed by atoms with Crippen LogP contribution in [0.25, 0.3) is 0 Å². The molecule has 0 aliphatic carbocycles. The predicted molar refractivity (Wildman–Crippen MR) is 49.0 cm³/mol. The molecule has 5 nitrogen and oxygen atoms in total. The lowest BCUT2D eigenvalue weighted by Gasteiger charge is -2.27. The lowest BCUT2D eigenvalue weighted by molar-refractivity contribution is -0.125. The summed E-state index contributed by atoms with van der Waals surface area (Å²) < 4.78 is 0. The highest BCUT2D eigenvalue weighted by Gasteiger charge is 2.26. The normalized spacial score (nSPS) is 13.9. The van der Waals surface area contributed by atoms with Gasteiger partial charge < -0.3 is 21.3 Å². The van der Waals surface area contributed by atoms with Crippen LogP contribution in [0.1, 0.15) is 20.3 Å². The number of hydrogen-bond donors (Lipinski definition) is 4. The Bertz CT molecular complexity index is 169. The topological polar surface area (TPSA) is 95.6 Å². The van der Waals surface area contributed by atoms with Gasteiger partial charge in [0.15, 0.2) is 0 Å². The monoisotopic (exact) mass is 190 g/mol. The highest BCUT2D eigenvalue weighted by Crippen LogP contribution is 2.01. The van der Waals surface area contributed by atoms with E-state index in [-0.39, 0.29) is 19.1 Å². The lowest BCUT2D eigenvalue weighted by atomic mass is 10.0. The van der Waals surface area contributed by atoms with E-state index < -0.39 is 11.6 Å². The summed E-state index contributed by atoms with van der Waals surface area (Å²) in [5, 5.41) is 20.2. The SMILES string of the molecule is CC[C@@H](N)C(=O)NC(C)(CO)CO. The van der Waals surface area contributed by atoms with E-state index in [2.05, 4.69) is 5.32 Å². The van der Waals surface area contributed by atoms with Crippen LogP contribution < -0.4 is 11.1 Å². The largest absolute Gasteiger partial charge is 0.394 e. The first-order valence-corrected chi connectivity index (χ1v) is 4.28. The van der Waals surface area contributed by atoms with Crippen molar-refractivity contribution in [3.8, 4) is 0 Å². The van der Waals surface area contributed by atoms with Crippen LogP contribution in [0.5, 0.6) is 0 Å². The van der Waals surface area contributed by atoms with E-state index in [1.807, 2.05) is 0 Å². The molecular weight excluding hydrogens is 172 g/mol. The van der Waals surface area contributed by atoms with Gasteiger partial charge in [-0.1, -0.05) is 6.92 Å². The maximum atomic E-state index is 11.2. The van der Waals surface area contributed by atoms with Crippen molar-refractivity contribution in [3.63, 3.8) is 0 Å². The highest BCUT2D eigenvalue weighted by atomic mass is 16.3. The Labute approximate surface area is 77.9 Å². The van der Waals surface area contributed by atoms with Crippen LogP contribution in [0.4, 0.5) is 0 Å². The maximum Gasteiger partial charge on any atom is 0.237 e. The average molecular weight is 190 g/mol. The molecule has 78 valence electrons. The molecule has 0 unspecified atom stereocenters. The smallest absolute Gasteiger partial charge is 0.237 e. The molecule has 0 spiro atoms. The van der Waals surface area contributed by atoms with Crippen molar-refractivity contribution in [2.24, 2.45) is 5.73 Å². The van der Waals surface area contributed by atoms with Crippen molar-refractivity contribution >= 4 is 5.91 Å². The van der Waals surface area contributed by atoms with E-state index in [4.69, 9.17) is 15.9 Å². The Kier molecular flexibility index (Phi) is 4.90. The summed E-state index contributed by atoms with van der Waals surface area (Å²) in [5.41, 5.74) is 4.48. The number of nitrogens with one attached hydrogen (secondary N) is 1. The van der Waals surface area contributed by atoms with Crippen LogP contribution in [0.2, 0.25) is 0 Å². The minimum atomic E-state index is -0.982. The van der Waals surface area contributed by atoms with Gasteiger partial charge in [0.1, 0.15) is 0 Å². The number of aliphatic hydroxyl groups excluding tert-OH is 2. The zero-order valence-electron chi connectivity index (χ0n) is 8.08. The number of carbonyl (C=O) groups is 1. The van der Waals surface area contributed by atoms with Crippen LogP contribution in [0, 0.1) is 0 Å². The Morgan fingerprint density at radius 3 is 2.31 bits per heavy atom. The van der Waals surface area contributed by atoms with E-state index in [0.717, 1.165) is 0 Å². The minimum Gasteiger partial charge on any atom is -0.394 e. The molecule has 13 heavy (non-hydrogen) atoms. The van der Waals surface area contributed by atoms with Crippen LogP contribution in [-0.2, 0) is 4.79 Å². The number of hydrogen-bond acceptors (Lipinski definition) is 4. The van der Waals surface area contributed by atoms with Gasteiger partial charge in [0.2, 0.25) is 5.91 Å². The average Bonchev–Trinajstić information content (AvgIpc) is 2.16. The van der Waals surface area contributed by atoms with Gasteiger partial charge in [-0.2, -0.15) is 0 Å². The van der Waals surface area contributed by atoms with Gasteiger partial charge in [-0.15, -0.1) is 0 Å². The van der Waals surface area contributed by atoms with Gasteiger partial charge in [0.25, 0.3) is 0 Å². The fourth-order valence-corrected chi connectivity index (χ4v) is 0.705. The molecule has 0 rings (SSSR count). The third kappa shape index (κ3) is 3.71. The minimum absolute atomic E-state index is 0.314. The zero-order chi connectivity index (χ0) is 10.5. The van der Waals surface area contributed by atoms with Gasteiger partial charge in [-0.25, -0.2) is 0 Å². The van der Waals surface area contributed by atoms with Crippen molar-refractivity contribution in [2.45, 2.75) is 31.8 Å². The molecule has 0 radical (unpaired) electrons. The number of nitrogens with two attached hydrogens (primary N) is 1. The van der Waals surface area contributed by atoms with E-state index in [0.29, 0.717) is 6.42 Å². The van der Waals surface area contributed by atoms with Crippen molar-refractivity contribution < 1.29 is 15.0 Å². The summed E-state index contributed by atoms with van der Waals surface area (Å²) in [5.74, 6) is -0.354. The summed E-state index contributed by atoms with van der Waals surface area (Å²) in [6.07, 6.45) is 0.527. The van der Waals surface area contributed by atoms with Crippen LogP contribution in [-0.4, -0.2) is 40.9 Å². The van der Waals surface area contributed by atoms with Crippen LogP contribution in [0.3, 0.4) is 0 Å². The summed E-state index contributed by atoms with van der Waals surface area (Å²) >= 11 is 0. The molecule has 0 heterocycles. The Morgan fingerprint density at radius 2 is 2.00 bits per heavy atom. The second-order valence-corrected chi connectivity index (χ2v) is 3.38. The molecule has 0 saturated heterocycles. The Hall–Kier alpha value is -0.650. The summed E-state index contributed by atoms with van der Waals surface area (Å²) in [6, 6.07) is -0.586. The fourth-order valence-electron chi connectivity index (χ4n) is 0.705. The molecule has 5 heteroatoms. The first-order valence-electron chi connectivity index (χ1n) is 4.28. The lowest BCUT2D eigenvalue weighted by Crippen LogP contribution is -2.56. The first-order chi connectivity index (χ1) is 5.99. The third-order valence-electron chi connectivity index (χ3n) is 1.90. The summed E-state index contributed by atoms with van der Waals surface area (Å²) in [7, 11) is 0. The number of amides is 1. The second-order valence-electron chi connectivity index (χ2n) is 3.38. The molecule has 1 amide bonds. The molecule has 0 aromatic heterocycles. The van der Waals surface area contributed by atoms with E-state index in [9.17, 15) is 4.79 Å². The summed E-state index contributed by atoms with van der Waals surface area (Å²) in [6.45, 7) is 2.71. The van der Waals surface area contributed by atoms with Crippen molar-refractivity contribution in [1.29, 1.82) is 0 Å². The molecule has 1 atom stereocenters. The Balaban J connectivity index is 4.17. The molecule has 0 aliphatic heterocycles. The van der Waals surface area contributed by atoms with Crippen molar-refractivity contribution in [2.75, 3.05) is 13.2 Å². The molecular formula is C8H18N2O3. The molecule has 0 bridgehead atoms. The second kappa shape index (κ2) is 5.16. The number of carbonyl (C=O) groups excluding carboxylic acids is 1. The van der Waals surface area contributed by atoms with Gasteiger partial charge in [0, 0.05) is 0 Å². The molecule has 0 aromatic rings. The van der Waals surface area contributed by atoms with Crippen molar-refractivity contribution in [3.05, 3.63) is 0 Å². The number of rotatable bonds is 5. The fraction of sp³-hybridized carbons (Fsp3) is 0.875. The van der Waals surface area contributed by atoms with E-state index >= 15 is 0 Å². The predicted octanol–water partition coefficient (Wildman–Crippen LogP) is -1.42. The standard InChI is InChI=1S/C8H18N2O3/c1-3-6(9)7(13)10-8(2,4-11)5-12/h6,11-12H,3-5,9H2,1-2H3,(H,10,13)/t6-/m1/s1. The number of aliphatic hydroxyl groups is 2. The highest BCUT2D eigenvalue weighted by molar-refractivity contribution is 5.82. The van der Waals surface area contributed by atoms with Gasteiger partial charge in [0.05, 0.1) is 24.8 Å². The molecule has 0 aliphatic rings. The molecule has 5 N–H and O–H groups in total. The van der Waals surface area contributed by atoms with Gasteiger partial charge in [-0.3, -0.25) is 4.79 Å². The van der Waals surface area contributed by atoms with Crippen LogP contribution in [0.15, 0.2) is 0 Å². The van der Waals surface area contributed by atoms with E-state index in [1.54, 1.807) is 13.8 Å². The molecule has 0 fully saturated rings. The molecule has 0 aromatic carbocycles. The zero-order valence-corrected chi connectivity index (χ0v) is 8.08. The summed E-state index contributed by atoms with van der Waals surface area (Å²) in [4.78, 5) is 11.2. The van der Waals surface area contributed by atoms with Crippen LogP contribution >= 0.6 is 0 Å². The van der Waals surface area contributed by atoms with Crippen molar-refractivity contribution in [1.82, 2.24) is 5.32 Å². The first kappa shape index (κ1) is 12.3.